The van der Waals surface area contributed by atoms with Crippen LogP contribution in [0.15, 0.2) is 59.8 Å². The smallest absolute Gasteiger partial charge is 0.281 e. The van der Waals surface area contributed by atoms with Gasteiger partial charge >= 0.3 is 0 Å². The number of piperidine rings is 1. The number of carbonyl (C=O) groups is 1. The van der Waals surface area contributed by atoms with Gasteiger partial charge in [0.05, 0.1) is 15.6 Å². The zero-order chi connectivity index (χ0) is 27.6. The van der Waals surface area contributed by atoms with E-state index >= 15 is 0 Å². The zero-order valence-corrected chi connectivity index (χ0v) is 24.1. The number of hydrogen-bond acceptors (Lipinski definition) is 6. The van der Waals surface area contributed by atoms with Gasteiger partial charge in [-0.3, -0.25) is 9.78 Å². The first-order chi connectivity index (χ1) is 18.8. The molecule has 1 N–H and O–H groups in total. The maximum atomic E-state index is 14.0. The molecule has 0 spiro atoms. The molecule has 2 aromatic carbocycles. The van der Waals surface area contributed by atoms with Crippen LogP contribution in [0.2, 0.25) is 10.0 Å². The van der Waals surface area contributed by atoms with E-state index in [-0.39, 0.29) is 39.3 Å². The Morgan fingerprint density at radius 1 is 1.13 bits per heavy atom. The molecule has 5 rings (SSSR count). The molecule has 6 nitrogen and oxygen atoms in total. The molecule has 0 saturated carbocycles. The van der Waals surface area contributed by atoms with Crippen molar-refractivity contribution in [3.8, 4) is 11.5 Å². The number of rotatable bonds is 8. The van der Waals surface area contributed by atoms with Gasteiger partial charge in [0.25, 0.3) is 11.7 Å². The highest BCUT2D eigenvalue weighted by Gasteiger charge is 2.51. The lowest BCUT2D eigenvalue weighted by atomic mass is 9.83. The Kier molecular flexibility index (Phi) is 8.57. The van der Waals surface area contributed by atoms with Gasteiger partial charge in [0.15, 0.2) is 11.5 Å². The van der Waals surface area contributed by atoms with E-state index in [1.807, 2.05) is 18.4 Å². The Hall–Kier alpha value is -2.52. The fourth-order valence-electron chi connectivity index (χ4n) is 5.35. The molecule has 2 aliphatic heterocycles. The van der Waals surface area contributed by atoms with Crippen LogP contribution in [0.1, 0.15) is 42.1 Å². The van der Waals surface area contributed by atoms with Crippen LogP contribution in [0.3, 0.4) is 0 Å². The molecule has 3 heterocycles. The second-order valence-corrected chi connectivity index (χ2v) is 11.6. The molecule has 1 fully saturated rings. The lowest BCUT2D eigenvalue weighted by Gasteiger charge is -2.42. The van der Waals surface area contributed by atoms with Gasteiger partial charge in [0.2, 0.25) is 0 Å². The van der Waals surface area contributed by atoms with Crippen LogP contribution in [0.25, 0.3) is 0 Å². The van der Waals surface area contributed by atoms with E-state index in [0.29, 0.717) is 18.0 Å². The monoisotopic (exact) mass is 589 g/mol. The summed E-state index contributed by atoms with van der Waals surface area (Å²) in [7, 11) is 0. The van der Waals surface area contributed by atoms with Gasteiger partial charge in [-0.05, 0) is 69.8 Å². The van der Waals surface area contributed by atoms with Gasteiger partial charge < -0.3 is 19.7 Å². The number of halogens is 3. The molecular weight excluding hydrogens is 560 g/mol. The number of carbonyl (C=O) groups excluding carboxylic acids is 1. The molecule has 1 amide bonds. The SMILES string of the molecule is CSc1ccc(C2(C3CCN(C(C)CCNC(=O)c4c(Cl)cncc4Cl)CC3)Oc3ccc(F)cc3O2)cc1. The number of hydrogen-bond donors (Lipinski definition) is 1. The van der Waals surface area contributed by atoms with E-state index in [0.717, 1.165) is 42.8 Å². The van der Waals surface area contributed by atoms with E-state index < -0.39 is 5.79 Å². The standard InChI is InChI=1S/C29H30Cl2FN3O3S/c1-18(9-12-34-28(36)27-23(30)16-33-17-24(27)31)35-13-10-20(11-14-35)29(19-3-6-22(39-2)7-4-19)37-25-8-5-21(32)15-26(25)38-29/h3-8,15-18,20H,9-14H2,1-2H3,(H,34,36). The van der Waals surface area contributed by atoms with Gasteiger partial charge in [-0.2, -0.15) is 0 Å². The molecule has 2 unspecified atom stereocenters. The molecule has 206 valence electrons. The minimum Gasteiger partial charge on any atom is -0.444 e. The number of benzene rings is 2. The molecular formula is C29H30Cl2FN3O3S. The molecule has 0 radical (unpaired) electrons. The van der Waals surface area contributed by atoms with Crippen molar-refractivity contribution in [3.63, 3.8) is 0 Å². The molecule has 0 bridgehead atoms. The van der Waals surface area contributed by atoms with Crippen LogP contribution in [-0.2, 0) is 5.79 Å². The molecule has 39 heavy (non-hydrogen) atoms. The van der Waals surface area contributed by atoms with Crippen molar-refractivity contribution in [1.82, 2.24) is 15.2 Å². The Balaban J connectivity index is 1.22. The lowest BCUT2D eigenvalue weighted by molar-refractivity contribution is -0.149. The van der Waals surface area contributed by atoms with Crippen molar-refractivity contribution in [2.45, 2.75) is 42.9 Å². The van der Waals surface area contributed by atoms with Crippen LogP contribution < -0.4 is 14.8 Å². The quantitative estimate of drug-likeness (QED) is 0.292. The first kappa shape index (κ1) is 28.0. The molecule has 2 atom stereocenters. The summed E-state index contributed by atoms with van der Waals surface area (Å²) >= 11 is 13.9. The Bertz CT molecular complexity index is 1320. The fraction of sp³-hybridized carbons (Fsp3) is 0.379. The summed E-state index contributed by atoms with van der Waals surface area (Å²) in [6.07, 6.45) is 7.32. The summed E-state index contributed by atoms with van der Waals surface area (Å²) in [5.41, 5.74) is 1.18. The summed E-state index contributed by atoms with van der Waals surface area (Å²) < 4.78 is 27.0. The van der Waals surface area contributed by atoms with E-state index in [1.54, 1.807) is 17.8 Å². The highest BCUT2D eigenvalue weighted by atomic mass is 35.5. The van der Waals surface area contributed by atoms with Crippen molar-refractivity contribution in [2.24, 2.45) is 5.92 Å². The van der Waals surface area contributed by atoms with Crippen LogP contribution in [-0.4, -0.2) is 47.7 Å². The second kappa shape index (κ2) is 11.9. The largest absolute Gasteiger partial charge is 0.444 e. The third kappa shape index (κ3) is 5.85. The predicted octanol–water partition coefficient (Wildman–Crippen LogP) is 6.79. The van der Waals surface area contributed by atoms with Crippen molar-refractivity contribution in [1.29, 1.82) is 0 Å². The summed E-state index contributed by atoms with van der Waals surface area (Å²) in [5, 5.41) is 3.38. The molecule has 2 aliphatic rings. The van der Waals surface area contributed by atoms with Crippen molar-refractivity contribution in [2.75, 3.05) is 25.9 Å². The highest BCUT2D eigenvalue weighted by Crippen LogP contribution is 2.50. The number of pyridine rings is 1. The van der Waals surface area contributed by atoms with Gasteiger partial charge in [0.1, 0.15) is 5.82 Å². The van der Waals surface area contributed by atoms with Crippen molar-refractivity contribution < 1.29 is 18.7 Å². The highest BCUT2D eigenvalue weighted by molar-refractivity contribution is 7.98. The van der Waals surface area contributed by atoms with Crippen LogP contribution in [0.4, 0.5) is 4.39 Å². The van der Waals surface area contributed by atoms with Gasteiger partial charge in [-0.1, -0.05) is 35.3 Å². The van der Waals surface area contributed by atoms with Crippen LogP contribution in [0, 0.1) is 11.7 Å². The normalized spacial score (nSPS) is 20.1. The van der Waals surface area contributed by atoms with E-state index in [2.05, 4.69) is 34.3 Å². The molecule has 1 saturated heterocycles. The summed E-state index contributed by atoms with van der Waals surface area (Å²) in [5.74, 6) is -0.586. The molecule has 0 aliphatic carbocycles. The number of thioether (sulfide) groups is 1. The van der Waals surface area contributed by atoms with Gasteiger partial charge in [-0.25, -0.2) is 4.39 Å². The third-order valence-electron chi connectivity index (χ3n) is 7.54. The second-order valence-electron chi connectivity index (χ2n) is 9.87. The Labute approximate surface area is 242 Å². The number of aromatic nitrogens is 1. The molecule has 1 aromatic heterocycles. The molecule has 10 heteroatoms. The topological polar surface area (TPSA) is 63.7 Å². The lowest BCUT2D eigenvalue weighted by Crippen LogP contribution is -2.50. The third-order valence-corrected chi connectivity index (χ3v) is 8.86. The maximum absolute atomic E-state index is 14.0. The number of ether oxygens (including phenoxy) is 2. The fourth-order valence-corrected chi connectivity index (χ4v) is 6.30. The number of nitrogens with zero attached hydrogens (tertiary/aromatic N) is 2. The van der Waals surface area contributed by atoms with Crippen LogP contribution >= 0.6 is 35.0 Å². The van der Waals surface area contributed by atoms with Gasteiger partial charge in [0, 0.05) is 47.4 Å². The minimum atomic E-state index is -1.00. The number of nitrogens with one attached hydrogen (secondary N) is 1. The molecule has 3 aromatic rings. The average Bonchev–Trinajstić information content (AvgIpc) is 3.33. The number of amides is 1. The summed E-state index contributed by atoms with van der Waals surface area (Å²) in [6.45, 7) is 4.36. The number of likely N-dealkylation sites (tertiary alicyclic amines) is 1. The average molecular weight is 591 g/mol. The number of fused-ring (bicyclic) bond motifs is 1. The predicted molar refractivity (Wildman–Crippen MR) is 153 cm³/mol. The van der Waals surface area contributed by atoms with Crippen molar-refractivity contribution >= 4 is 40.9 Å². The first-order valence-corrected chi connectivity index (χ1v) is 14.9. The summed E-state index contributed by atoms with van der Waals surface area (Å²) in [6, 6.07) is 12.9. The van der Waals surface area contributed by atoms with Crippen LogP contribution in [0.5, 0.6) is 11.5 Å². The Morgan fingerprint density at radius 2 is 1.79 bits per heavy atom. The van der Waals surface area contributed by atoms with E-state index in [9.17, 15) is 9.18 Å². The van der Waals surface area contributed by atoms with Crippen molar-refractivity contribution in [3.05, 3.63) is 81.8 Å². The first-order valence-electron chi connectivity index (χ1n) is 12.9. The minimum absolute atomic E-state index is 0.0761. The van der Waals surface area contributed by atoms with E-state index in [4.69, 9.17) is 32.7 Å². The van der Waals surface area contributed by atoms with Gasteiger partial charge in [-0.15, -0.1) is 11.8 Å². The summed E-state index contributed by atoms with van der Waals surface area (Å²) in [4.78, 5) is 20.0. The Morgan fingerprint density at radius 3 is 2.46 bits per heavy atom. The van der Waals surface area contributed by atoms with E-state index in [1.165, 1.54) is 24.5 Å². The zero-order valence-electron chi connectivity index (χ0n) is 21.8. The maximum Gasteiger partial charge on any atom is 0.281 e.